The molecule has 0 aliphatic carbocycles. The Bertz CT molecular complexity index is 555. The van der Waals surface area contributed by atoms with Gasteiger partial charge in [0.15, 0.2) is 12.7 Å². The Morgan fingerprint density at radius 2 is 2.05 bits per heavy atom. The summed E-state index contributed by atoms with van der Waals surface area (Å²) in [5.74, 6) is -0.880. The van der Waals surface area contributed by atoms with E-state index in [4.69, 9.17) is 9.47 Å². The summed E-state index contributed by atoms with van der Waals surface area (Å²) in [5, 5.41) is 13.0. The molecule has 0 saturated carbocycles. The minimum Gasteiger partial charge on any atom is -0.482 e. The molecule has 0 saturated heterocycles. The van der Waals surface area contributed by atoms with Gasteiger partial charge in [-0.15, -0.1) is 6.58 Å². The Kier molecular flexibility index (Phi) is 6.55. The maximum atomic E-state index is 11.5. The first-order valence-electron chi connectivity index (χ1n) is 6.39. The fraction of sp³-hybridized carbons (Fsp3) is 0.286. The van der Waals surface area contributed by atoms with E-state index in [9.17, 15) is 19.7 Å². The van der Waals surface area contributed by atoms with Gasteiger partial charge in [0, 0.05) is 18.7 Å². The molecule has 0 fully saturated rings. The second kappa shape index (κ2) is 8.40. The molecule has 0 radical (unpaired) electrons. The number of carbonyl (C=O) groups is 2. The smallest absolute Gasteiger partial charge is 0.344 e. The topological polar surface area (TPSA) is 108 Å². The second-order valence-corrected chi connectivity index (χ2v) is 4.21. The predicted molar refractivity (Wildman–Crippen MR) is 77.4 cm³/mol. The van der Waals surface area contributed by atoms with Crippen LogP contribution in [-0.2, 0) is 14.3 Å². The first-order chi connectivity index (χ1) is 10.4. The van der Waals surface area contributed by atoms with Crippen LogP contribution in [0.1, 0.15) is 6.92 Å². The molecule has 1 N–H and O–H groups in total. The van der Waals surface area contributed by atoms with Gasteiger partial charge in [-0.25, -0.2) is 4.79 Å². The van der Waals surface area contributed by atoms with Crippen molar-refractivity contribution in [1.29, 1.82) is 0 Å². The summed E-state index contributed by atoms with van der Waals surface area (Å²) in [6.07, 6.45) is 0.553. The number of nitrogens with one attached hydrogen (secondary N) is 1. The summed E-state index contributed by atoms with van der Waals surface area (Å²) >= 11 is 0. The number of non-ortho nitro benzene ring substituents is 1. The molecule has 118 valence electrons. The minimum atomic E-state index is -0.951. The molecular formula is C14H16N2O6. The molecule has 0 aliphatic heterocycles. The number of rotatable bonds is 8. The zero-order chi connectivity index (χ0) is 16.5. The first kappa shape index (κ1) is 17.2. The van der Waals surface area contributed by atoms with E-state index >= 15 is 0 Å². The zero-order valence-electron chi connectivity index (χ0n) is 12.0. The first-order valence-corrected chi connectivity index (χ1v) is 6.39. The van der Waals surface area contributed by atoms with Crippen LogP contribution in [0.25, 0.3) is 0 Å². The highest BCUT2D eigenvalue weighted by Gasteiger charge is 2.17. The van der Waals surface area contributed by atoms with Crippen molar-refractivity contribution >= 4 is 17.6 Å². The number of ether oxygens (including phenoxy) is 2. The summed E-state index contributed by atoms with van der Waals surface area (Å²) in [5.41, 5.74) is -0.0811. The van der Waals surface area contributed by atoms with Gasteiger partial charge in [-0.3, -0.25) is 14.9 Å². The monoisotopic (exact) mass is 308 g/mol. The van der Waals surface area contributed by atoms with Crippen LogP contribution in [-0.4, -0.2) is 36.1 Å². The number of nitrogens with zero attached hydrogens (tertiary/aromatic N) is 1. The summed E-state index contributed by atoms with van der Waals surface area (Å²) < 4.78 is 9.99. The number of hydrogen-bond acceptors (Lipinski definition) is 6. The quantitative estimate of drug-likeness (QED) is 0.335. The highest BCUT2D eigenvalue weighted by Crippen LogP contribution is 2.17. The fourth-order valence-corrected chi connectivity index (χ4v) is 1.41. The molecule has 0 unspecified atom stereocenters. The molecule has 22 heavy (non-hydrogen) atoms. The standard InChI is InChI=1S/C14H16N2O6/c1-3-8-15-14(18)10(2)22-13(17)9-21-12-6-4-11(5-7-12)16(19)20/h3-7,10H,1,8-9H2,2H3,(H,15,18)/t10-/m0/s1. The van der Waals surface area contributed by atoms with Crippen molar-refractivity contribution in [1.82, 2.24) is 5.32 Å². The van der Waals surface area contributed by atoms with Crippen LogP contribution in [0.3, 0.4) is 0 Å². The van der Waals surface area contributed by atoms with E-state index in [1.807, 2.05) is 0 Å². The Labute approximate surface area is 126 Å². The molecule has 1 aromatic rings. The average Bonchev–Trinajstić information content (AvgIpc) is 2.50. The Hall–Kier alpha value is -2.90. The van der Waals surface area contributed by atoms with Crippen molar-refractivity contribution in [3.63, 3.8) is 0 Å². The third-order valence-electron chi connectivity index (χ3n) is 2.50. The number of benzene rings is 1. The van der Waals surface area contributed by atoms with Crippen LogP contribution in [0, 0.1) is 10.1 Å². The molecule has 8 heteroatoms. The Balaban J connectivity index is 2.40. The van der Waals surface area contributed by atoms with Crippen molar-refractivity contribution in [3.8, 4) is 5.75 Å². The molecule has 0 aromatic heterocycles. The van der Waals surface area contributed by atoms with Gasteiger partial charge in [-0.1, -0.05) is 6.08 Å². The van der Waals surface area contributed by atoms with Crippen LogP contribution in [0.2, 0.25) is 0 Å². The van der Waals surface area contributed by atoms with E-state index in [0.29, 0.717) is 0 Å². The lowest BCUT2D eigenvalue weighted by Gasteiger charge is -2.13. The van der Waals surface area contributed by atoms with Gasteiger partial charge in [0.05, 0.1) is 4.92 Å². The number of amides is 1. The average molecular weight is 308 g/mol. The third-order valence-corrected chi connectivity index (χ3v) is 2.50. The predicted octanol–water partition coefficient (Wildman–Crippen LogP) is 1.21. The van der Waals surface area contributed by atoms with Gasteiger partial charge < -0.3 is 14.8 Å². The summed E-state index contributed by atoms with van der Waals surface area (Å²) in [7, 11) is 0. The maximum absolute atomic E-state index is 11.5. The molecule has 0 spiro atoms. The minimum absolute atomic E-state index is 0.0811. The molecule has 1 aromatic carbocycles. The SMILES string of the molecule is C=CCNC(=O)[C@H](C)OC(=O)COc1ccc([N+](=O)[O-])cc1. The van der Waals surface area contributed by atoms with Gasteiger partial charge >= 0.3 is 5.97 Å². The number of nitro groups is 1. The number of nitro benzene ring substituents is 1. The Morgan fingerprint density at radius 1 is 1.41 bits per heavy atom. The number of hydrogen-bond donors (Lipinski definition) is 1. The lowest BCUT2D eigenvalue weighted by Crippen LogP contribution is -2.36. The van der Waals surface area contributed by atoms with Gasteiger partial charge in [-0.2, -0.15) is 0 Å². The van der Waals surface area contributed by atoms with Crippen LogP contribution in [0.4, 0.5) is 5.69 Å². The highest BCUT2D eigenvalue weighted by atomic mass is 16.6. The number of esters is 1. The lowest BCUT2D eigenvalue weighted by atomic mass is 10.3. The van der Waals surface area contributed by atoms with Crippen LogP contribution in [0.5, 0.6) is 5.75 Å². The van der Waals surface area contributed by atoms with Gasteiger partial charge in [0.1, 0.15) is 5.75 Å². The van der Waals surface area contributed by atoms with Crippen molar-refractivity contribution in [2.45, 2.75) is 13.0 Å². The molecular weight excluding hydrogens is 292 g/mol. The van der Waals surface area contributed by atoms with Crippen molar-refractivity contribution < 1.29 is 24.0 Å². The maximum Gasteiger partial charge on any atom is 0.344 e. The summed E-state index contributed by atoms with van der Waals surface area (Å²) in [6.45, 7) is 4.75. The van der Waals surface area contributed by atoms with E-state index in [2.05, 4.69) is 11.9 Å². The molecule has 0 heterocycles. The van der Waals surface area contributed by atoms with Gasteiger partial charge in [-0.05, 0) is 19.1 Å². The highest BCUT2D eigenvalue weighted by molar-refractivity contribution is 5.83. The molecule has 8 nitrogen and oxygen atoms in total. The Morgan fingerprint density at radius 3 is 2.59 bits per heavy atom. The van der Waals surface area contributed by atoms with Crippen molar-refractivity contribution in [2.75, 3.05) is 13.2 Å². The molecule has 1 atom stereocenters. The van der Waals surface area contributed by atoms with Crippen LogP contribution < -0.4 is 10.1 Å². The number of carbonyl (C=O) groups excluding carboxylic acids is 2. The van der Waals surface area contributed by atoms with Crippen molar-refractivity contribution in [3.05, 3.63) is 47.0 Å². The largest absolute Gasteiger partial charge is 0.482 e. The van der Waals surface area contributed by atoms with E-state index in [-0.39, 0.29) is 18.0 Å². The lowest BCUT2D eigenvalue weighted by molar-refractivity contribution is -0.384. The van der Waals surface area contributed by atoms with E-state index in [1.54, 1.807) is 0 Å². The summed E-state index contributed by atoms with van der Waals surface area (Å²) in [6, 6.07) is 5.25. The fourth-order valence-electron chi connectivity index (χ4n) is 1.41. The molecule has 0 aliphatic rings. The van der Waals surface area contributed by atoms with E-state index < -0.39 is 29.5 Å². The van der Waals surface area contributed by atoms with Crippen LogP contribution >= 0.6 is 0 Å². The van der Waals surface area contributed by atoms with Gasteiger partial charge in [0.2, 0.25) is 0 Å². The summed E-state index contributed by atoms with van der Waals surface area (Å²) in [4.78, 5) is 32.9. The molecule has 1 rings (SSSR count). The zero-order valence-corrected chi connectivity index (χ0v) is 12.0. The van der Waals surface area contributed by atoms with Crippen molar-refractivity contribution in [2.24, 2.45) is 0 Å². The van der Waals surface area contributed by atoms with Crippen LogP contribution in [0.15, 0.2) is 36.9 Å². The van der Waals surface area contributed by atoms with E-state index in [1.165, 1.54) is 37.3 Å². The third kappa shape index (κ3) is 5.61. The normalized spacial score (nSPS) is 11.1. The molecule has 1 amide bonds. The van der Waals surface area contributed by atoms with Gasteiger partial charge in [0.25, 0.3) is 11.6 Å². The second-order valence-electron chi connectivity index (χ2n) is 4.21. The molecule has 0 bridgehead atoms. The van der Waals surface area contributed by atoms with E-state index in [0.717, 1.165) is 0 Å².